The van der Waals surface area contributed by atoms with Crippen molar-refractivity contribution in [2.45, 2.75) is 17.4 Å². The average molecular weight is 314 g/mol. The smallest absolute Gasteiger partial charge is 0.315 e. The van der Waals surface area contributed by atoms with Crippen LogP contribution in [0.4, 0.5) is 4.79 Å². The fourth-order valence-corrected chi connectivity index (χ4v) is 4.46. The first kappa shape index (κ1) is 15.2. The largest absolute Gasteiger partial charge is 0.337 e. The maximum Gasteiger partial charge on any atom is 0.315 e. The summed E-state index contributed by atoms with van der Waals surface area (Å²) in [5.74, 6) is 1.00. The third-order valence-corrected chi connectivity index (χ3v) is 5.75. The van der Waals surface area contributed by atoms with Gasteiger partial charge in [-0.25, -0.2) is 13.2 Å². The Kier molecular flexibility index (Phi) is 5.31. The molecule has 2 amide bonds. The van der Waals surface area contributed by atoms with Crippen molar-refractivity contribution < 1.29 is 13.2 Å². The Morgan fingerprint density at radius 2 is 2.05 bits per heavy atom. The Labute approximate surface area is 123 Å². The lowest BCUT2D eigenvalue weighted by Crippen LogP contribution is -2.43. The monoisotopic (exact) mass is 314 g/mol. The van der Waals surface area contributed by atoms with Crippen LogP contribution in [0.3, 0.4) is 0 Å². The van der Waals surface area contributed by atoms with Crippen LogP contribution in [0.25, 0.3) is 0 Å². The van der Waals surface area contributed by atoms with Crippen LogP contribution in [0.5, 0.6) is 0 Å². The van der Waals surface area contributed by atoms with E-state index in [2.05, 4.69) is 10.6 Å². The Bertz CT molecular complexity index is 546. The lowest BCUT2D eigenvalue weighted by molar-refractivity contribution is 0.238. The number of rotatable bonds is 5. The SMILES string of the molecule is O=C(NCCSc1ccccc1)NC1CCS(=O)(=O)C1. The summed E-state index contributed by atoms with van der Waals surface area (Å²) in [5, 5.41) is 5.44. The van der Waals surface area contributed by atoms with Gasteiger partial charge in [-0.15, -0.1) is 11.8 Å². The summed E-state index contributed by atoms with van der Waals surface area (Å²) >= 11 is 1.67. The molecule has 0 spiro atoms. The minimum absolute atomic E-state index is 0.0547. The summed E-state index contributed by atoms with van der Waals surface area (Å²) in [5.41, 5.74) is 0. The predicted molar refractivity (Wildman–Crippen MR) is 80.8 cm³/mol. The van der Waals surface area contributed by atoms with Crippen LogP contribution in [0, 0.1) is 0 Å². The standard InChI is InChI=1S/C13H18N2O3S2/c16-13(15-11-6-9-20(17,18)10-11)14-7-8-19-12-4-2-1-3-5-12/h1-5,11H,6-10H2,(H2,14,15,16). The number of urea groups is 1. The molecule has 1 saturated heterocycles. The van der Waals surface area contributed by atoms with Crippen molar-refractivity contribution in [3.63, 3.8) is 0 Å². The second-order valence-electron chi connectivity index (χ2n) is 4.66. The van der Waals surface area contributed by atoms with Gasteiger partial charge in [-0.1, -0.05) is 18.2 Å². The Morgan fingerprint density at radius 1 is 1.30 bits per heavy atom. The number of hydrogen-bond donors (Lipinski definition) is 2. The Morgan fingerprint density at radius 3 is 2.70 bits per heavy atom. The van der Waals surface area contributed by atoms with Gasteiger partial charge in [0.25, 0.3) is 0 Å². The van der Waals surface area contributed by atoms with E-state index in [9.17, 15) is 13.2 Å². The van der Waals surface area contributed by atoms with Gasteiger partial charge in [-0.2, -0.15) is 0 Å². The topological polar surface area (TPSA) is 75.3 Å². The molecule has 0 aromatic heterocycles. The average Bonchev–Trinajstić information content (AvgIpc) is 2.75. The van der Waals surface area contributed by atoms with Crippen LogP contribution in [-0.2, 0) is 9.84 Å². The number of hydrogen-bond acceptors (Lipinski definition) is 4. The van der Waals surface area contributed by atoms with E-state index in [-0.39, 0.29) is 23.6 Å². The molecule has 0 saturated carbocycles. The van der Waals surface area contributed by atoms with Crippen LogP contribution in [0.15, 0.2) is 35.2 Å². The van der Waals surface area contributed by atoms with Gasteiger partial charge < -0.3 is 10.6 Å². The van der Waals surface area contributed by atoms with E-state index >= 15 is 0 Å². The third kappa shape index (κ3) is 5.05. The number of carbonyl (C=O) groups excluding carboxylic acids is 1. The maximum atomic E-state index is 11.6. The zero-order chi connectivity index (χ0) is 14.4. The molecule has 1 heterocycles. The molecule has 2 rings (SSSR count). The van der Waals surface area contributed by atoms with Gasteiger partial charge in [0.15, 0.2) is 9.84 Å². The van der Waals surface area contributed by atoms with Crippen molar-refractivity contribution in [1.82, 2.24) is 10.6 Å². The number of thioether (sulfide) groups is 1. The molecule has 1 atom stereocenters. The molecule has 0 bridgehead atoms. The maximum absolute atomic E-state index is 11.6. The highest BCUT2D eigenvalue weighted by Crippen LogP contribution is 2.15. The van der Waals surface area contributed by atoms with Crippen LogP contribution in [-0.4, -0.2) is 44.3 Å². The molecule has 1 aliphatic rings. The van der Waals surface area contributed by atoms with E-state index in [0.29, 0.717) is 13.0 Å². The summed E-state index contributed by atoms with van der Waals surface area (Å²) in [6.07, 6.45) is 0.508. The second kappa shape index (κ2) is 6.99. The van der Waals surface area contributed by atoms with Gasteiger partial charge in [0.1, 0.15) is 0 Å². The molecule has 1 aromatic rings. The van der Waals surface area contributed by atoms with E-state index in [1.165, 1.54) is 0 Å². The van der Waals surface area contributed by atoms with Gasteiger partial charge in [0.2, 0.25) is 0 Å². The normalized spacial score (nSPS) is 20.5. The molecule has 5 nitrogen and oxygen atoms in total. The predicted octanol–water partition coefficient (Wildman–Crippen LogP) is 1.27. The molecule has 0 radical (unpaired) electrons. The van der Waals surface area contributed by atoms with Crippen LogP contribution in [0.1, 0.15) is 6.42 Å². The minimum atomic E-state index is -2.95. The van der Waals surface area contributed by atoms with Crippen LogP contribution >= 0.6 is 11.8 Å². The highest BCUT2D eigenvalue weighted by Gasteiger charge is 2.28. The first-order chi connectivity index (χ1) is 9.55. The van der Waals surface area contributed by atoms with E-state index in [1.807, 2.05) is 30.3 Å². The highest BCUT2D eigenvalue weighted by atomic mass is 32.2. The van der Waals surface area contributed by atoms with Gasteiger partial charge in [-0.05, 0) is 18.6 Å². The second-order valence-corrected chi connectivity index (χ2v) is 8.06. The van der Waals surface area contributed by atoms with Crippen molar-refractivity contribution in [2.75, 3.05) is 23.8 Å². The van der Waals surface area contributed by atoms with Crippen molar-refractivity contribution >= 4 is 27.6 Å². The first-order valence-electron chi connectivity index (χ1n) is 6.48. The molecular weight excluding hydrogens is 296 g/mol. The zero-order valence-electron chi connectivity index (χ0n) is 11.0. The Balaban J connectivity index is 1.61. The fourth-order valence-electron chi connectivity index (χ4n) is 2.00. The summed E-state index contributed by atoms with van der Waals surface area (Å²) in [4.78, 5) is 12.8. The van der Waals surface area contributed by atoms with E-state index in [4.69, 9.17) is 0 Å². The Hall–Kier alpha value is -1.21. The van der Waals surface area contributed by atoms with Gasteiger partial charge >= 0.3 is 6.03 Å². The molecule has 110 valence electrons. The highest BCUT2D eigenvalue weighted by molar-refractivity contribution is 7.99. The number of nitrogens with one attached hydrogen (secondary N) is 2. The molecule has 1 aromatic carbocycles. The van der Waals surface area contributed by atoms with Gasteiger partial charge in [0, 0.05) is 23.2 Å². The van der Waals surface area contributed by atoms with E-state index in [1.54, 1.807) is 11.8 Å². The fraction of sp³-hybridized carbons (Fsp3) is 0.462. The molecule has 1 fully saturated rings. The third-order valence-electron chi connectivity index (χ3n) is 2.97. The van der Waals surface area contributed by atoms with Crippen LogP contribution < -0.4 is 10.6 Å². The lowest BCUT2D eigenvalue weighted by atomic mass is 10.3. The van der Waals surface area contributed by atoms with Gasteiger partial charge in [0.05, 0.1) is 11.5 Å². The minimum Gasteiger partial charge on any atom is -0.337 e. The summed E-state index contributed by atoms with van der Waals surface area (Å²) < 4.78 is 22.5. The molecule has 2 N–H and O–H groups in total. The van der Waals surface area contributed by atoms with Crippen molar-refractivity contribution in [3.05, 3.63) is 30.3 Å². The van der Waals surface area contributed by atoms with Crippen molar-refractivity contribution in [1.29, 1.82) is 0 Å². The number of sulfone groups is 1. The molecule has 1 aliphatic heterocycles. The molecule has 7 heteroatoms. The molecule has 0 aliphatic carbocycles. The quantitative estimate of drug-likeness (QED) is 0.634. The molecule has 20 heavy (non-hydrogen) atoms. The number of benzene rings is 1. The lowest BCUT2D eigenvalue weighted by Gasteiger charge is -2.11. The zero-order valence-corrected chi connectivity index (χ0v) is 12.7. The summed E-state index contributed by atoms with van der Waals surface area (Å²) in [6.45, 7) is 0.546. The van der Waals surface area contributed by atoms with Gasteiger partial charge in [-0.3, -0.25) is 0 Å². The first-order valence-corrected chi connectivity index (χ1v) is 9.28. The van der Waals surface area contributed by atoms with E-state index in [0.717, 1.165) is 10.6 Å². The van der Waals surface area contributed by atoms with Crippen LogP contribution in [0.2, 0.25) is 0 Å². The number of carbonyl (C=O) groups is 1. The van der Waals surface area contributed by atoms with Crippen molar-refractivity contribution in [2.24, 2.45) is 0 Å². The molecule has 1 unspecified atom stereocenters. The summed E-state index contributed by atoms with van der Waals surface area (Å²) in [6, 6.07) is 9.42. The summed E-state index contributed by atoms with van der Waals surface area (Å²) in [7, 11) is -2.95. The van der Waals surface area contributed by atoms with Crippen molar-refractivity contribution in [3.8, 4) is 0 Å². The van der Waals surface area contributed by atoms with E-state index < -0.39 is 9.84 Å². The number of amides is 2. The molecular formula is C13H18N2O3S2.